The third kappa shape index (κ3) is 4.05. The molecule has 0 spiro atoms. The van der Waals surface area contributed by atoms with Crippen molar-refractivity contribution >= 4 is 17.5 Å². The molecule has 2 aromatic rings. The minimum absolute atomic E-state index is 0.0576. The molecule has 0 saturated carbocycles. The molecule has 0 radical (unpaired) electrons. The highest BCUT2D eigenvalue weighted by molar-refractivity contribution is 5.96. The van der Waals surface area contributed by atoms with Crippen LogP contribution in [0.5, 0.6) is 0 Å². The van der Waals surface area contributed by atoms with Gasteiger partial charge in [0.2, 0.25) is 5.91 Å². The van der Waals surface area contributed by atoms with Gasteiger partial charge in [0, 0.05) is 18.8 Å². The zero-order chi connectivity index (χ0) is 17.8. The Morgan fingerprint density at radius 3 is 2.72 bits per heavy atom. The van der Waals surface area contributed by atoms with Gasteiger partial charge < -0.3 is 10.2 Å². The second kappa shape index (κ2) is 7.47. The van der Waals surface area contributed by atoms with Gasteiger partial charge in [0.25, 0.3) is 5.91 Å². The second-order valence-corrected chi connectivity index (χ2v) is 6.43. The standard InChI is InChI=1S/C20H21FN2O2/c1-14-6-4-8-16(12-14)22-19(24)15-7-5-11-23(13-15)20(25)17-9-2-3-10-18(17)21/h2-4,6,8-10,12,15H,5,7,11,13H2,1H3,(H,22,24)/t15-/m1/s1. The molecule has 1 N–H and O–H groups in total. The lowest BCUT2D eigenvalue weighted by atomic mass is 9.96. The quantitative estimate of drug-likeness (QED) is 0.928. The van der Waals surface area contributed by atoms with Crippen molar-refractivity contribution in [1.82, 2.24) is 4.90 Å². The van der Waals surface area contributed by atoms with E-state index in [0.29, 0.717) is 13.1 Å². The topological polar surface area (TPSA) is 49.4 Å². The summed E-state index contributed by atoms with van der Waals surface area (Å²) in [6, 6.07) is 13.6. The molecule has 0 unspecified atom stereocenters. The van der Waals surface area contributed by atoms with E-state index in [1.807, 2.05) is 31.2 Å². The summed E-state index contributed by atoms with van der Waals surface area (Å²) >= 11 is 0. The molecule has 0 bridgehead atoms. The number of halogens is 1. The summed E-state index contributed by atoms with van der Waals surface area (Å²) in [5.74, 6) is -1.27. The third-order valence-electron chi connectivity index (χ3n) is 4.47. The van der Waals surface area contributed by atoms with Gasteiger partial charge in [0.15, 0.2) is 0 Å². The number of nitrogens with one attached hydrogen (secondary N) is 1. The van der Waals surface area contributed by atoms with E-state index in [0.717, 1.165) is 24.1 Å². The summed E-state index contributed by atoms with van der Waals surface area (Å²) in [6.45, 7) is 2.82. The van der Waals surface area contributed by atoms with E-state index in [9.17, 15) is 14.0 Å². The fourth-order valence-corrected chi connectivity index (χ4v) is 3.15. The highest BCUT2D eigenvalue weighted by atomic mass is 19.1. The highest BCUT2D eigenvalue weighted by Gasteiger charge is 2.29. The Hall–Kier alpha value is -2.69. The molecule has 2 aromatic carbocycles. The van der Waals surface area contributed by atoms with Gasteiger partial charge in [0.1, 0.15) is 5.82 Å². The SMILES string of the molecule is Cc1cccc(NC(=O)[C@@H]2CCCN(C(=O)c3ccccc3F)C2)c1. The van der Waals surface area contributed by atoms with E-state index in [4.69, 9.17) is 0 Å². The molecule has 130 valence electrons. The molecular formula is C20H21FN2O2. The number of benzene rings is 2. The number of rotatable bonds is 3. The van der Waals surface area contributed by atoms with Crippen LogP contribution >= 0.6 is 0 Å². The number of carbonyl (C=O) groups excluding carboxylic acids is 2. The van der Waals surface area contributed by atoms with Crippen LogP contribution in [0.2, 0.25) is 0 Å². The third-order valence-corrected chi connectivity index (χ3v) is 4.47. The Morgan fingerprint density at radius 2 is 1.96 bits per heavy atom. The van der Waals surface area contributed by atoms with E-state index in [-0.39, 0.29) is 23.3 Å². The van der Waals surface area contributed by atoms with Crippen LogP contribution < -0.4 is 5.32 Å². The fourth-order valence-electron chi connectivity index (χ4n) is 3.15. The first-order valence-electron chi connectivity index (χ1n) is 8.46. The number of likely N-dealkylation sites (tertiary alicyclic amines) is 1. The zero-order valence-corrected chi connectivity index (χ0v) is 14.2. The molecule has 4 nitrogen and oxygen atoms in total. The van der Waals surface area contributed by atoms with E-state index < -0.39 is 5.82 Å². The molecule has 3 rings (SSSR count). The maximum Gasteiger partial charge on any atom is 0.256 e. The Labute approximate surface area is 146 Å². The van der Waals surface area contributed by atoms with Crippen LogP contribution in [0.1, 0.15) is 28.8 Å². The molecule has 0 aliphatic carbocycles. The van der Waals surface area contributed by atoms with Crippen molar-refractivity contribution in [2.24, 2.45) is 5.92 Å². The van der Waals surface area contributed by atoms with Gasteiger partial charge in [-0.05, 0) is 49.6 Å². The molecule has 5 heteroatoms. The monoisotopic (exact) mass is 340 g/mol. The lowest BCUT2D eigenvalue weighted by Crippen LogP contribution is -2.44. The summed E-state index contributed by atoms with van der Waals surface area (Å²) in [7, 11) is 0. The molecular weight excluding hydrogens is 319 g/mol. The Morgan fingerprint density at radius 1 is 1.16 bits per heavy atom. The molecule has 1 atom stereocenters. The van der Waals surface area contributed by atoms with Crippen LogP contribution in [0.3, 0.4) is 0 Å². The van der Waals surface area contributed by atoms with Gasteiger partial charge >= 0.3 is 0 Å². The lowest BCUT2D eigenvalue weighted by molar-refractivity contribution is -0.121. The number of carbonyl (C=O) groups is 2. The van der Waals surface area contributed by atoms with Crippen molar-refractivity contribution in [2.45, 2.75) is 19.8 Å². The molecule has 1 aliphatic heterocycles. The van der Waals surface area contributed by atoms with Crippen molar-refractivity contribution in [3.63, 3.8) is 0 Å². The van der Waals surface area contributed by atoms with E-state index >= 15 is 0 Å². The average Bonchev–Trinajstić information content (AvgIpc) is 2.62. The molecule has 1 fully saturated rings. The maximum absolute atomic E-state index is 13.8. The van der Waals surface area contributed by atoms with Gasteiger partial charge in [-0.3, -0.25) is 9.59 Å². The molecule has 1 aliphatic rings. The minimum Gasteiger partial charge on any atom is -0.338 e. The number of anilines is 1. The predicted octanol–water partition coefficient (Wildman–Crippen LogP) is 3.63. The first kappa shape index (κ1) is 17.1. The van der Waals surface area contributed by atoms with E-state index in [1.54, 1.807) is 17.0 Å². The minimum atomic E-state index is -0.529. The second-order valence-electron chi connectivity index (χ2n) is 6.43. The van der Waals surface area contributed by atoms with Gasteiger partial charge in [-0.2, -0.15) is 0 Å². The number of hydrogen-bond donors (Lipinski definition) is 1. The maximum atomic E-state index is 13.8. The normalized spacial score (nSPS) is 17.2. The summed E-state index contributed by atoms with van der Waals surface area (Å²) in [4.78, 5) is 26.6. The van der Waals surface area contributed by atoms with Crippen LogP contribution in [0, 0.1) is 18.7 Å². The number of amides is 2. The van der Waals surface area contributed by atoms with Gasteiger partial charge in [-0.25, -0.2) is 4.39 Å². The van der Waals surface area contributed by atoms with Crippen LogP contribution in [-0.2, 0) is 4.79 Å². The molecule has 1 saturated heterocycles. The summed E-state index contributed by atoms with van der Waals surface area (Å²) in [5.41, 5.74) is 1.88. The van der Waals surface area contributed by atoms with Gasteiger partial charge in [-0.15, -0.1) is 0 Å². The van der Waals surface area contributed by atoms with Crippen molar-refractivity contribution in [3.05, 3.63) is 65.5 Å². The van der Waals surface area contributed by atoms with E-state index in [2.05, 4.69) is 5.32 Å². The number of nitrogens with zero attached hydrogens (tertiary/aromatic N) is 1. The Bertz CT molecular complexity index is 791. The van der Waals surface area contributed by atoms with Crippen molar-refractivity contribution in [3.8, 4) is 0 Å². The van der Waals surface area contributed by atoms with Crippen molar-refractivity contribution in [1.29, 1.82) is 0 Å². The number of aryl methyl sites for hydroxylation is 1. The highest BCUT2D eigenvalue weighted by Crippen LogP contribution is 2.21. The lowest BCUT2D eigenvalue weighted by Gasteiger charge is -2.32. The average molecular weight is 340 g/mol. The Kier molecular flexibility index (Phi) is 5.12. The summed E-state index contributed by atoms with van der Waals surface area (Å²) in [6.07, 6.45) is 1.45. The Balaban J connectivity index is 1.67. The fraction of sp³-hybridized carbons (Fsp3) is 0.300. The van der Waals surface area contributed by atoms with Crippen LogP contribution in [-0.4, -0.2) is 29.8 Å². The van der Waals surface area contributed by atoms with Crippen molar-refractivity contribution in [2.75, 3.05) is 18.4 Å². The zero-order valence-electron chi connectivity index (χ0n) is 14.2. The molecule has 2 amide bonds. The first-order valence-corrected chi connectivity index (χ1v) is 8.46. The predicted molar refractivity (Wildman–Crippen MR) is 94.8 cm³/mol. The molecule has 0 aromatic heterocycles. The van der Waals surface area contributed by atoms with Gasteiger partial charge in [-0.1, -0.05) is 24.3 Å². The van der Waals surface area contributed by atoms with E-state index in [1.165, 1.54) is 12.1 Å². The van der Waals surface area contributed by atoms with Crippen molar-refractivity contribution < 1.29 is 14.0 Å². The smallest absolute Gasteiger partial charge is 0.256 e. The summed E-state index contributed by atoms with van der Waals surface area (Å²) < 4.78 is 13.8. The van der Waals surface area contributed by atoms with Crippen LogP contribution in [0.25, 0.3) is 0 Å². The van der Waals surface area contributed by atoms with Crippen LogP contribution in [0.4, 0.5) is 10.1 Å². The first-order chi connectivity index (χ1) is 12.0. The molecule has 25 heavy (non-hydrogen) atoms. The number of piperidine rings is 1. The summed E-state index contributed by atoms with van der Waals surface area (Å²) in [5, 5.41) is 2.91. The van der Waals surface area contributed by atoms with Crippen LogP contribution in [0.15, 0.2) is 48.5 Å². The molecule has 1 heterocycles. The number of hydrogen-bond acceptors (Lipinski definition) is 2. The van der Waals surface area contributed by atoms with Gasteiger partial charge in [0.05, 0.1) is 11.5 Å². The largest absolute Gasteiger partial charge is 0.338 e.